The van der Waals surface area contributed by atoms with Crippen molar-refractivity contribution in [3.63, 3.8) is 0 Å². The number of rotatable bonds is 9. The highest BCUT2D eigenvalue weighted by atomic mass is 32.2. The van der Waals surface area contributed by atoms with Crippen molar-refractivity contribution in [2.75, 3.05) is 12.8 Å². The molecule has 0 N–H and O–H groups in total. The minimum absolute atomic E-state index is 0.0628. The number of halogens is 1. The SMILES string of the molecule is Cc1ccccc1OCc1nnc(SCC(=O)N(C)[C@@H](C)c2ccc(F)cc2)n1-c1ccccc1. The third-order valence-electron chi connectivity index (χ3n) is 5.82. The van der Waals surface area contributed by atoms with E-state index in [1.807, 2.05) is 73.0 Å². The average molecular weight is 491 g/mol. The van der Waals surface area contributed by atoms with Gasteiger partial charge in [0.25, 0.3) is 0 Å². The first kappa shape index (κ1) is 24.5. The number of carbonyl (C=O) groups excluding carboxylic acids is 1. The molecule has 0 aliphatic carbocycles. The molecular formula is C27H27FN4O2S. The van der Waals surface area contributed by atoms with E-state index in [0.717, 1.165) is 22.6 Å². The Labute approximate surface area is 208 Å². The molecule has 8 heteroatoms. The van der Waals surface area contributed by atoms with Crippen LogP contribution in [0.5, 0.6) is 5.75 Å². The standard InChI is InChI=1S/C27H27FN4O2S/c1-19-9-7-8-12-24(19)34-17-25-29-30-27(32(25)23-10-5-4-6-11-23)35-18-26(33)31(3)20(2)21-13-15-22(28)16-14-21/h4-16,20H,17-18H2,1-3H3/t20-/m0/s1. The summed E-state index contributed by atoms with van der Waals surface area (Å²) in [6.45, 7) is 4.15. The summed E-state index contributed by atoms with van der Waals surface area (Å²) in [6, 6.07) is 23.6. The van der Waals surface area contributed by atoms with Crippen LogP contribution in [0.1, 0.15) is 29.9 Å². The fourth-order valence-corrected chi connectivity index (χ4v) is 4.49. The highest BCUT2D eigenvalue weighted by Crippen LogP contribution is 2.26. The number of amides is 1. The van der Waals surface area contributed by atoms with E-state index in [9.17, 15) is 9.18 Å². The van der Waals surface area contributed by atoms with Crippen LogP contribution in [0.25, 0.3) is 5.69 Å². The van der Waals surface area contributed by atoms with Crippen molar-refractivity contribution in [2.45, 2.75) is 31.7 Å². The van der Waals surface area contributed by atoms with Crippen LogP contribution in [0.2, 0.25) is 0 Å². The van der Waals surface area contributed by atoms with E-state index in [1.165, 1.54) is 23.9 Å². The molecular weight excluding hydrogens is 463 g/mol. The zero-order valence-corrected chi connectivity index (χ0v) is 20.7. The van der Waals surface area contributed by atoms with Gasteiger partial charge >= 0.3 is 0 Å². The topological polar surface area (TPSA) is 60.3 Å². The molecule has 1 amide bonds. The van der Waals surface area contributed by atoms with E-state index < -0.39 is 0 Å². The fourth-order valence-electron chi connectivity index (χ4n) is 3.59. The molecule has 1 heterocycles. The molecule has 0 spiro atoms. The minimum atomic E-state index is -0.298. The monoisotopic (exact) mass is 490 g/mol. The van der Waals surface area contributed by atoms with Crippen molar-refractivity contribution in [1.29, 1.82) is 0 Å². The predicted molar refractivity (Wildman–Crippen MR) is 135 cm³/mol. The molecule has 1 atom stereocenters. The number of aromatic nitrogens is 3. The van der Waals surface area contributed by atoms with Gasteiger partial charge in [-0.05, 0) is 55.3 Å². The summed E-state index contributed by atoms with van der Waals surface area (Å²) < 4.78 is 21.2. The van der Waals surface area contributed by atoms with Crippen molar-refractivity contribution in [2.24, 2.45) is 0 Å². The normalized spacial score (nSPS) is 11.8. The molecule has 3 aromatic carbocycles. The van der Waals surface area contributed by atoms with Crippen molar-refractivity contribution in [3.8, 4) is 11.4 Å². The number of nitrogens with zero attached hydrogens (tertiary/aromatic N) is 4. The maximum atomic E-state index is 13.3. The van der Waals surface area contributed by atoms with E-state index in [2.05, 4.69) is 10.2 Å². The lowest BCUT2D eigenvalue weighted by Crippen LogP contribution is -2.31. The van der Waals surface area contributed by atoms with Gasteiger partial charge in [0.2, 0.25) is 5.91 Å². The molecule has 0 saturated carbocycles. The van der Waals surface area contributed by atoms with Crippen LogP contribution in [0, 0.1) is 12.7 Å². The molecule has 0 bridgehead atoms. The molecule has 0 aliphatic heterocycles. The second-order valence-corrected chi connectivity index (χ2v) is 9.09. The molecule has 0 saturated heterocycles. The Balaban J connectivity index is 1.49. The molecule has 4 aromatic rings. The lowest BCUT2D eigenvalue weighted by atomic mass is 10.1. The van der Waals surface area contributed by atoms with E-state index >= 15 is 0 Å². The van der Waals surface area contributed by atoms with Crippen LogP contribution in [0.3, 0.4) is 0 Å². The van der Waals surface area contributed by atoms with Crippen LogP contribution in [-0.4, -0.2) is 38.4 Å². The van der Waals surface area contributed by atoms with Gasteiger partial charge in [-0.2, -0.15) is 0 Å². The van der Waals surface area contributed by atoms with Crippen molar-refractivity contribution < 1.29 is 13.9 Å². The summed E-state index contributed by atoms with van der Waals surface area (Å²) in [4.78, 5) is 14.6. The van der Waals surface area contributed by atoms with E-state index in [0.29, 0.717) is 11.0 Å². The van der Waals surface area contributed by atoms with Crippen LogP contribution >= 0.6 is 11.8 Å². The van der Waals surface area contributed by atoms with Crippen molar-refractivity contribution in [1.82, 2.24) is 19.7 Å². The Morgan fingerprint density at radius 1 is 1.03 bits per heavy atom. The second kappa shape index (κ2) is 11.2. The molecule has 1 aromatic heterocycles. The molecule has 0 aliphatic rings. The zero-order valence-electron chi connectivity index (χ0n) is 19.9. The highest BCUT2D eigenvalue weighted by Gasteiger charge is 2.21. The number of hydrogen-bond donors (Lipinski definition) is 0. The van der Waals surface area contributed by atoms with E-state index in [-0.39, 0.29) is 30.1 Å². The van der Waals surface area contributed by atoms with Gasteiger partial charge in [0.05, 0.1) is 11.8 Å². The average Bonchev–Trinajstić information content (AvgIpc) is 3.29. The summed E-state index contributed by atoms with van der Waals surface area (Å²) in [5.41, 5.74) is 2.80. The van der Waals surface area contributed by atoms with Gasteiger partial charge in [-0.15, -0.1) is 10.2 Å². The summed E-state index contributed by atoms with van der Waals surface area (Å²) >= 11 is 1.32. The third kappa shape index (κ3) is 5.89. The summed E-state index contributed by atoms with van der Waals surface area (Å²) in [7, 11) is 1.75. The Bertz CT molecular complexity index is 1280. The number of thioether (sulfide) groups is 1. The van der Waals surface area contributed by atoms with Gasteiger partial charge in [-0.25, -0.2) is 4.39 Å². The Morgan fingerprint density at radius 3 is 2.43 bits per heavy atom. The van der Waals surface area contributed by atoms with Crippen LogP contribution in [0.4, 0.5) is 4.39 Å². The van der Waals surface area contributed by atoms with Gasteiger partial charge in [0, 0.05) is 12.7 Å². The van der Waals surface area contributed by atoms with Crippen molar-refractivity contribution in [3.05, 3.63) is 102 Å². The third-order valence-corrected chi connectivity index (χ3v) is 6.73. The first-order valence-corrected chi connectivity index (χ1v) is 12.2. The fraction of sp³-hybridized carbons (Fsp3) is 0.222. The quantitative estimate of drug-likeness (QED) is 0.286. The smallest absolute Gasteiger partial charge is 0.233 e. The Morgan fingerprint density at radius 2 is 1.71 bits per heavy atom. The maximum absolute atomic E-state index is 13.3. The number of ether oxygens (including phenoxy) is 1. The van der Waals surface area contributed by atoms with Crippen molar-refractivity contribution >= 4 is 17.7 Å². The largest absolute Gasteiger partial charge is 0.485 e. The number of aryl methyl sites for hydroxylation is 1. The van der Waals surface area contributed by atoms with Crippen LogP contribution in [-0.2, 0) is 11.4 Å². The molecule has 0 fully saturated rings. The maximum Gasteiger partial charge on any atom is 0.233 e. The van der Waals surface area contributed by atoms with Gasteiger partial charge < -0.3 is 9.64 Å². The molecule has 0 radical (unpaired) electrons. The first-order chi connectivity index (χ1) is 16.9. The summed E-state index contributed by atoms with van der Waals surface area (Å²) in [5, 5.41) is 9.32. The number of carbonyl (C=O) groups is 1. The predicted octanol–water partition coefficient (Wildman–Crippen LogP) is 5.61. The molecule has 0 unspecified atom stereocenters. The number of hydrogen-bond acceptors (Lipinski definition) is 5. The lowest BCUT2D eigenvalue weighted by molar-refractivity contribution is -0.128. The summed E-state index contributed by atoms with van der Waals surface area (Å²) in [5.74, 6) is 1.25. The lowest BCUT2D eigenvalue weighted by Gasteiger charge is -2.25. The summed E-state index contributed by atoms with van der Waals surface area (Å²) in [6.07, 6.45) is 0. The highest BCUT2D eigenvalue weighted by molar-refractivity contribution is 7.99. The zero-order chi connectivity index (χ0) is 24.8. The second-order valence-electron chi connectivity index (χ2n) is 8.14. The molecule has 180 valence electrons. The van der Waals surface area contributed by atoms with E-state index in [4.69, 9.17) is 4.74 Å². The minimum Gasteiger partial charge on any atom is -0.485 e. The number of para-hydroxylation sites is 2. The van der Waals surface area contributed by atoms with Gasteiger partial charge in [-0.3, -0.25) is 9.36 Å². The van der Waals surface area contributed by atoms with Gasteiger partial charge in [0.1, 0.15) is 18.2 Å². The Kier molecular flexibility index (Phi) is 7.82. The number of benzene rings is 3. The first-order valence-electron chi connectivity index (χ1n) is 11.3. The van der Waals surface area contributed by atoms with E-state index in [1.54, 1.807) is 24.1 Å². The molecule has 4 rings (SSSR count). The van der Waals surface area contributed by atoms with Crippen LogP contribution < -0.4 is 4.74 Å². The molecule has 35 heavy (non-hydrogen) atoms. The Hall–Kier alpha value is -3.65. The van der Waals surface area contributed by atoms with Gasteiger partial charge in [0.15, 0.2) is 11.0 Å². The molecule has 6 nitrogen and oxygen atoms in total. The van der Waals surface area contributed by atoms with Crippen LogP contribution in [0.15, 0.2) is 84.0 Å². The van der Waals surface area contributed by atoms with Gasteiger partial charge in [-0.1, -0.05) is 60.3 Å².